The van der Waals surface area contributed by atoms with Crippen molar-refractivity contribution >= 4 is 28.4 Å². The molecule has 1 aromatic heterocycles. The molecule has 27 heavy (non-hydrogen) atoms. The van der Waals surface area contributed by atoms with Crippen LogP contribution in [-0.4, -0.2) is 19.2 Å². The fourth-order valence-electron chi connectivity index (χ4n) is 3.15. The molecule has 0 atom stereocenters. The number of anilines is 1. The number of nitrogens with two attached hydrogens (primary N) is 1. The zero-order chi connectivity index (χ0) is 19.6. The highest BCUT2D eigenvalue weighted by Gasteiger charge is 2.22. The summed E-state index contributed by atoms with van der Waals surface area (Å²) < 4.78 is 11.8. The number of nitriles is 1. The van der Waals surface area contributed by atoms with Crippen LogP contribution in [0.5, 0.6) is 11.5 Å². The third-order valence-corrected chi connectivity index (χ3v) is 5.10. The van der Waals surface area contributed by atoms with E-state index in [4.69, 9.17) is 15.2 Å². The van der Waals surface area contributed by atoms with Crippen molar-refractivity contribution < 1.29 is 9.47 Å². The van der Waals surface area contributed by atoms with Gasteiger partial charge in [-0.05, 0) is 52.8 Å². The Morgan fingerprint density at radius 2 is 1.74 bits per heavy atom. The number of aromatic nitrogens is 1. The van der Waals surface area contributed by atoms with Crippen molar-refractivity contribution in [1.29, 1.82) is 5.26 Å². The summed E-state index contributed by atoms with van der Waals surface area (Å²) in [5.41, 5.74) is 10.6. The average molecular weight is 471 g/mol. The Morgan fingerprint density at radius 1 is 1.04 bits per heavy atom. The lowest BCUT2D eigenvalue weighted by Crippen LogP contribution is -2.04. The number of hydrogen-bond donors (Lipinski definition) is 1. The highest BCUT2D eigenvalue weighted by Crippen LogP contribution is 2.43. The summed E-state index contributed by atoms with van der Waals surface area (Å²) in [5.74, 6) is 1.46. The van der Waals surface area contributed by atoms with Crippen LogP contribution < -0.4 is 15.2 Å². The number of rotatable bonds is 4. The Labute approximate surface area is 171 Å². The van der Waals surface area contributed by atoms with Crippen LogP contribution in [0, 0.1) is 21.8 Å². The van der Waals surface area contributed by atoms with E-state index < -0.39 is 0 Å². The summed E-state index contributed by atoms with van der Waals surface area (Å²) in [6.07, 6.45) is 0. The molecule has 0 aliphatic rings. The minimum absolute atomic E-state index is 0.217. The van der Waals surface area contributed by atoms with Crippen molar-refractivity contribution in [3.63, 3.8) is 0 Å². The number of halogens is 1. The average Bonchev–Trinajstić information content (AvgIpc) is 2.67. The van der Waals surface area contributed by atoms with Crippen molar-refractivity contribution in [2.24, 2.45) is 0 Å². The Hall–Kier alpha value is -2.79. The second-order valence-corrected chi connectivity index (χ2v) is 7.04. The molecule has 0 fully saturated rings. The zero-order valence-electron chi connectivity index (χ0n) is 15.2. The molecule has 2 aromatic carbocycles. The van der Waals surface area contributed by atoms with Crippen LogP contribution in [0.4, 0.5) is 5.82 Å². The molecule has 3 rings (SSSR count). The quantitative estimate of drug-likeness (QED) is 0.553. The number of benzene rings is 2. The SMILES string of the molecule is COc1cc(-c2c(C#N)c(N)nc(C)c2-c2ccccc2)cc(I)c1OC. The topological polar surface area (TPSA) is 81.2 Å². The standard InChI is InChI=1S/C21H18IN3O2/c1-12-18(13-7-5-4-6-8-13)19(15(11-23)21(24)25-12)14-9-16(22)20(27-3)17(10-14)26-2/h4-10H,1-3H3,(H2,24,25). The Balaban J connectivity index is 2.43. The second-order valence-electron chi connectivity index (χ2n) is 5.88. The van der Waals surface area contributed by atoms with E-state index in [1.165, 1.54) is 0 Å². The van der Waals surface area contributed by atoms with Crippen molar-refractivity contribution in [3.8, 4) is 39.8 Å². The third kappa shape index (κ3) is 3.43. The Kier molecular flexibility index (Phi) is 5.51. The van der Waals surface area contributed by atoms with Crippen molar-refractivity contribution in [2.45, 2.75) is 6.92 Å². The van der Waals surface area contributed by atoms with Crippen LogP contribution in [0.1, 0.15) is 11.3 Å². The molecule has 0 saturated carbocycles. The van der Waals surface area contributed by atoms with Gasteiger partial charge in [0.2, 0.25) is 0 Å². The van der Waals surface area contributed by atoms with Crippen LogP contribution in [-0.2, 0) is 0 Å². The van der Waals surface area contributed by atoms with Crippen LogP contribution >= 0.6 is 22.6 Å². The van der Waals surface area contributed by atoms with Crippen LogP contribution in [0.15, 0.2) is 42.5 Å². The number of nitrogens with zero attached hydrogens (tertiary/aromatic N) is 2. The molecule has 1 heterocycles. The summed E-state index contributed by atoms with van der Waals surface area (Å²) in [5, 5.41) is 9.79. The predicted octanol–water partition coefficient (Wildman–Crippen LogP) is 4.80. The van der Waals surface area contributed by atoms with Gasteiger partial charge in [-0.2, -0.15) is 5.26 Å². The van der Waals surface area contributed by atoms with Crippen molar-refractivity contribution in [3.05, 3.63) is 57.3 Å². The molecule has 2 N–H and O–H groups in total. The minimum atomic E-state index is 0.217. The lowest BCUT2D eigenvalue weighted by Gasteiger charge is -2.18. The van der Waals surface area contributed by atoms with Gasteiger partial charge in [0, 0.05) is 16.8 Å². The molecule has 3 aromatic rings. The number of hydrogen-bond acceptors (Lipinski definition) is 5. The van der Waals surface area contributed by atoms with E-state index in [1.54, 1.807) is 14.2 Å². The highest BCUT2D eigenvalue weighted by atomic mass is 127. The molecule has 0 aliphatic heterocycles. The summed E-state index contributed by atoms with van der Waals surface area (Å²) >= 11 is 2.19. The number of pyridine rings is 1. The lowest BCUT2D eigenvalue weighted by molar-refractivity contribution is 0.353. The third-order valence-electron chi connectivity index (χ3n) is 4.30. The maximum Gasteiger partial charge on any atom is 0.174 e. The number of aryl methyl sites for hydroxylation is 1. The van der Waals surface area contributed by atoms with E-state index in [-0.39, 0.29) is 5.82 Å². The predicted molar refractivity (Wildman–Crippen MR) is 115 cm³/mol. The zero-order valence-corrected chi connectivity index (χ0v) is 17.4. The fraction of sp³-hybridized carbons (Fsp3) is 0.143. The first-order valence-corrected chi connectivity index (χ1v) is 9.27. The Bertz CT molecular complexity index is 1040. The van der Waals surface area contributed by atoms with Gasteiger partial charge in [0.05, 0.1) is 17.8 Å². The Morgan fingerprint density at radius 3 is 2.33 bits per heavy atom. The molecule has 0 radical (unpaired) electrons. The molecule has 0 amide bonds. The van der Waals surface area contributed by atoms with E-state index in [9.17, 15) is 5.26 Å². The van der Waals surface area contributed by atoms with Crippen molar-refractivity contribution in [2.75, 3.05) is 20.0 Å². The monoisotopic (exact) mass is 471 g/mol. The molecular weight excluding hydrogens is 453 g/mol. The smallest absolute Gasteiger partial charge is 0.174 e. The van der Waals surface area contributed by atoms with E-state index in [1.807, 2.05) is 49.4 Å². The van der Waals surface area contributed by atoms with Gasteiger partial charge < -0.3 is 15.2 Å². The molecular formula is C21H18IN3O2. The molecule has 6 heteroatoms. The van der Waals surface area contributed by atoms with E-state index in [0.717, 1.165) is 31.5 Å². The summed E-state index contributed by atoms with van der Waals surface area (Å²) in [6.45, 7) is 1.90. The molecule has 0 spiro atoms. The maximum absolute atomic E-state index is 9.79. The number of methoxy groups -OCH3 is 2. The van der Waals surface area contributed by atoms with Gasteiger partial charge in [-0.1, -0.05) is 30.3 Å². The highest BCUT2D eigenvalue weighted by molar-refractivity contribution is 14.1. The van der Waals surface area contributed by atoms with Gasteiger partial charge >= 0.3 is 0 Å². The molecule has 0 saturated heterocycles. The van der Waals surface area contributed by atoms with Gasteiger partial charge in [-0.3, -0.25) is 0 Å². The maximum atomic E-state index is 9.79. The van der Waals surface area contributed by atoms with E-state index in [0.29, 0.717) is 17.1 Å². The first-order valence-electron chi connectivity index (χ1n) is 8.19. The first kappa shape index (κ1) is 19.0. The minimum Gasteiger partial charge on any atom is -0.493 e. The van der Waals surface area contributed by atoms with Crippen LogP contribution in [0.3, 0.4) is 0 Å². The van der Waals surface area contributed by atoms with Gasteiger partial charge in [0.25, 0.3) is 0 Å². The van der Waals surface area contributed by atoms with E-state index in [2.05, 4.69) is 33.6 Å². The summed E-state index contributed by atoms with van der Waals surface area (Å²) in [6, 6.07) is 15.9. The molecule has 0 bridgehead atoms. The number of ether oxygens (including phenoxy) is 2. The largest absolute Gasteiger partial charge is 0.493 e. The van der Waals surface area contributed by atoms with Crippen molar-refractivity contribution in [1.82, 2.24) is 4.98 Å². The van der Waals surface area contributed by atoms with E-state index >= 15 is 0 Å². The van der Waals surface area contributed by atoms with Gasteiger partial charge in [-0.15, -0.1) is 0 Å². The lowest BCUT2D eigenvalue weighted by atomic mass is 9.90. The summed E-state index contributed by atoms with van der Waals surface area (Å²) in [4.78, 5) is 4.40. The summed E-state index contributed by atoms with van der Waals surface area (Å²) in [7, 11) is 3.19. The molecule has 0 aliphatic carbocycles. The normalized spacial score (nSPS) is 10.3. The van der Waals surface area contributed by atoms with Crippen LogP contribution in [0.2, 0.25) is 0 Å². The van der Waals surface area contributed by atoms with Gasteiger partial charge in [0.1, 0.15) is 17.5 Å². The second kappa shape index (κ2) is 7.84. The first-order chi connectivity index (χ1) is 13.0. The molecule has 0 unspecified atom stereocenters. The molecule has 5 nitrogen and oxygen atoms in total. The molecule has 136 valence electrons. The van der Waals surface area contributed by atoms with Gasteiger partial charge in [0.15, 0.2) is 11.5 Å². The fourth-order valence-corrected chi connectivity index (χ4v) is 3.97. The van der Waals surface area contributed by atoms with Gasteiger partial charge in [-0.25, -0.2) is 4.98 Å². The van der Waals surface area contributed by atoms with Crippen LogP contribution in [0.25, 0.3) is 22.3 Å². The number of nitrogen functional groups attached to an aromatic ring is 1.